The van der Waals surface area contributed by atoms with Crippen LogP contribution in [0.15, 0.2) is 170 Å². The molecule has 0 bridgehead atoms. The number of esters is 2. The molecule has 2 atom stereocenters. The fraction of sp³-hybridized carbons (Fsp3) is 0.613. The van der Waals surface area contributed by atoms with E-state index < -0.39 is 24.3 Å². The first-order chi connectivity index (χ1) is 43.6. The Morgan fingerprint density at radius 3 is 0.899 bits per heavy atom. The molecule has 0 aliphatic rings. The predicted octanol–water partition coefficient (Wildman–Crippen LogP) is 20.9. The van der Waals surface area contributed by atoms with Crippen LogP contribution in [-0.4, -0.2) is 82.3 Å². The molecule has 0 fully saturated rings. The fourth-order valence-electron chi connectivity index (χ4n) is 9.14. The van der Waals surface area contributed by atoms with E-state index in [1.54, 1.807) is 0 Å². The highest BCUT2D eigenvalue weighted by atomic mass is 16.7. The molecule has 89 heavy (non-hydrogen) atoms. The van der Waals surface area contributed by atoms with Gasteiger partial charge in [-0.1, -0.05) is 287 Å². The molecule has 0 aromatic rings. The summed E-state index contributed by atoms with van der Waals surface area (Å²) in [6, 6.07) is 0. The highest BCUT2D eigenvalue weighted by molar-refractivity contribution is 5.70. The number of unbranched alkanes of at least 4 members (excludes halogenated alkanes) is 20. The quantitative estimate of drug-likeness (QED) is 0.0195. The van der Waals surface area contributed by atoms with Crippen molar-refractivity contribution < 1.29 is 42.9 Å². The largest absolute Gasteiger partial charge is 0.545 e. The zero-order valence-electron chi connectivity index (χ0n) is 57.2. The van der Waals surface area contributed by atoms with Crippen molar-refractivity contribution in [3.05, 3.63) is 170 Å². The Labute approximate surface area is 546 Å². The summed E-state index contributed by atoms with van der Waals surface area (Å²) in [5.41, 5.74) is 0. The van der Waals surface area contributed by atoms with Crippen LogP contribution in [0.25, 0.3) is 0 Å². The van der Waals surface area contributed by atoms with Gasteiger partial charge >= 0.3 is 11.9 Å². The molecule has 2 unspecified atom stereocenters. The van der Waals surface area contributed by atoms with E-state index in [1.807, 2.05) is 21.1 Å². The Hall–Kier alpha value is -5.35. The third-order valence-electron chi connectivity index (χ3n) is 14.5. The number of likely N-dealkylation sites (N-methyl/N-ethyl adjacent to an activating group) is 1. The standard InChI is InChI=1S/C80H129NO8/c1-6-8-10-12-14-16-18-20-22-24-26-28-30-32-34-35-36-37-38-39-40-41-42-43-45-47-49-51-53-55-57-59-61-63-65-67-69-71-78(83)89-76(75-88-80(79(84)85)86-73-72-81(3,4)5)74-87-77(82)70-68-66-64-62-60-58-56-54-52-50-48-46-44-33-31-29-27-25-23-21-19-17-15-13-11-9-7-2/h8-11,14-17,20-23,26-29,32-34,36-37,39-40,44,48,50,54,56,76,80H,6-7,12-13,18-19,24-25,30-31,35,38,41-43,45-47,49,51-53,55,57-75H2,1-5H3/b10-8-,11-9-,16-14-,17-15-,22-20-,23-21-,28-26-,29-27-,34-32-,37-36-,40-39-,44-33-,50-48-,56-54-. The first-order valence-corrected chi connectivity index (χ1v) is 35.3. The molecule has 0 radical (unpaired) electrons. The average molecular weight is 1230 g/mol. The number of ether oxygens (including phenoxy) is 4. The summed E-state index contributed by atoms with van der Waals surface area (Å²) in [4.78, 5) is 37.5. The number of carboxylic acid groups (broad SMARTS) is 1. The molecule has 502 valence electrons. The summed E-state index contributed by atoms with van der Waals surface area (Å²) in [7, 11) is 5.91. The van der Waals surface area contributed by atoms with Gasteiger partial charge in [0.2, 0.25) is 0 Å². The first-order valence-electron chi connectivity index (χ1n) is 35.3. The van der Waals surface area contributed by atoms with Gasteiger partial charge in [0.1, 0.15) is 13.2 Å². The number of rotatable bonds is 63. The fourth-order valence-corrected chi connectivity index (χ4v) is 9.14. The second-order valence-corrected chi connectivity index (χ2v) is 24.1. The van der Waals surface area contributed by atoms with Crippen LogP contribution in [0, 0.1) is 0 Å². The number of aliphatic carboxylic acids is 1. The lowest BCUT2D eigenvalue weighted by atomic mass is 10.0. The van der Waals surface area contributed by atoms with E-state index in [2.05, 4.69) is 184 Å². The van der Waals surface area contributed by atoms with Crippen LogP contribution >= 0.6 is 0 Å². The Bertz CT molecular complexity index is 2070. The van der Waals surface area contributed by atoms with Gasteiger partial charge in [0.25, 0.3) is 0 Å². The minimum absolute atomic E-state index is 0.136. The molecule has 9 heteroatoms. The van der Waals surface area contributed by atoms with Gasteiger partial charge in [-0.2, -0.15) is 0 Å². The number of quaternary nitrogens is 1. The smallest absolute Gasteiger partial charge is 0.306 e. The number of carboxylic acids is 1. The molecule has 0 N–H and O–H groups in total. The van der Waals surface area contributed by atoms with Gasteiger partial charge in [0.05, 0.1) is 40.3 Å². The van der Waals surface area contributed by atoms with E-state index in [0.29, 0.717) is 23.9 Å². The minimum atomic E-state index is -1.64. The van der Waals surface area contributed by atoms with Crippen molar-refractivity contribution >= 4 is 17.9 Å². The second-order valence-electron chi connectivity index (χ2n) is 24.1. The highest BCUT2D eigenvalue weighted by Crippen LogP contribution is 2.16. The van der Waals surface area contributed by atoms with Gasteiger partial charge in [-0.3, -0.25) is 9.59 Å². The number of hydrogen-bond acceptors (Lipinski definition) is 8. The van der Waals surface area contributed by atoms with Gasteiger partial charge in [0.15, 0.2) is 12.4 Å². The molecule has 0 saturated heterocycles. The molecule has 0 saturated carbocycles. The zero-order chi connectivity index (χ0) is 64.7. The summed E-state index contributed by atoms with van der Waals surface area (Å²) >= 11 is 0. The molecule has 0 aliphatic heterocycles. The van der Waals surface area contributed by atoms with E-state index in [9.17, 15) is 19.5 Å². The van der Waals surface area contributed by atoms with Gasteiger partial charge in [-0.25, -0.2) is 0 Å². The molecule has 0 spiro atoms. The maximum atomic E-state index is 12.9. The van der Waals surface area contributed by atoms with E-state index in [4.69, 9.17) is 18.9 Å². The number of carbonyl (C=O) groups is 3. The summed E-state index contributed by atoms with van der Waals surface area (Å²) in [5.74, 6) is -2.32. The Morgan fingerprint density at radius 1 is 0.337 bits per heavy atom. The van der Waals surface area contributed by atoms with Crippen molar-refractivity contribution in [2.45, 2.75) is 270 Å². The zero-order valence-corrected chi connectivity index (χ0v) is 57.2. The molecule has 0 aromatic heterocycles. The molecule has 0 amide bonds. The normalized spacial score (nSPS) is 13.8. The number of hydrogen-bond donors (Lipinski definition) is 0. The van der Waals surface area contributed by atoms with Crippen molar-refractivity contribution in [2.24, 2.45) is 0 Å². The summed E-state index contributed by atoms with van der Waals surface area (Å²) in [5, 5.41) is 11.8. The molecular weight excluding hydrogens is 1100 g/mol. The van der Waals surface area contributed by atoms with Gasteiger partial charge in [-0.15, -0.1) is 0 Å². The number of allylic oxidation sites excluding steroid dienone is 28. The maximum absolute atomic E-state index is 12.9. The topological polar surface area (TPSA) is 111 Å². The van der Waals surface area contributed by atoms with Crippen LogP contribution in [-0.2, 0) is 33.3 Å². The van der Waals surface area contributed by atoms with Gasteiger partial charge < -0.3 is 33.3 Å². The lowest BCUT2D eigenvalue weighted by Crippen LogP contribution is -2.44. The SMILES string of the molecule is CC/C=C\C/C=C\C/C=C\C/C=C\C/C=C\C/C=C\C/C=C\CCCCCCCCCCCCCCCCCC(=O)OC(COC(=O)CCCCCCC/C=C\C/C=C\C/C=C\C/C=C\C/C=C\C/C=C\C/C=C\CC)COC(OCC[N+](C)(C)C)C(=O)[O-]. The first kappa shape index (κ1) is 83.7. The van der Waals surface area contributed by atoms with Crippen LogP contribution in [0.2, 0.25) is 0 Å². The van der Waals surface area contributed by atoms with Crippen molar-refractivity contribution in [3.63, 3.8) is 0 Å². The lowest BCUT2D eigenvalue weighted by Gasteiger charge is -2.26. The molecule has 0 aliphatic carbocycles. The summed E-state index contributed by atoms with van der Waals surface area (Å²) in [6.07, 6.45) is 100.0. The van der Waals surface area contributed by atoms with Crippen LogP contribution in [0.1, 0.15) is 258 Å². The third-order valence-corrected chi connectivity index (χ3v) is 14.5. The molecule has 0 rings (SSSR count). The maximum Gasteiger partial charge on any atom is 0.306 e. The van der Waals surface area contributed by atoms with Gasteiger partial charge in [-0.05, 0) is 128 Å². The van der Waals surface area contributed by atoms with E-state index in [-0.39, 0.29) is 38.6 Å². The van der Waals surface area contributed by atoms with Crippen LogP contribution in [0.4, 0.5) is 0 Å². The highest BCUT2D eigenvalue weighted by Gasteiger charge is 2.22. The third kappa shape index (κ3) is 70.0. The van der Waals surface area contributed by atoms with Crippen molar-refractivity contribution in [2.75, 3.05) is 47.5 Å². The van der Waals surface area contributed by atoms with E-state index in [0.717, 1.165) is 141 Å². The summed E-state index contributed by atoms with van der Waals surface area (Å²) < 4.78 is 22.8. The molecule has 0 aromatic carbocycles. The van der Waals surface area contributed by atoms with Crippen LogP contribution < -0.4 is 5.11 Å². The molecule has 0 heterocycles. The Balaban J connectivity index is 4.18. The van der Waals surface area contributed by atoms with Crippen molar-refractivity contribution in [3.8, 4) is 0 Å². The predicted molar refractivity (Wildman–Crippen MR) is 379 cm³/mol. The Kier molecular flexibility index (Phi) is 64.4. The number of nitrogens with zero attached hydrogens (tertiary/aromatic N) is 1. The minimum Gasteiger partial charge on any atom is -0.545 e. The number of carbonyl (C=O) groups excluding carboxylic acids is 3. The van der Waals surface area contributed by atoms with Crippen molar-refractivity contribution in [1.29, 1.82) is 0 Å². The Morgan fingerprint density at radius 2 is 0.607 bits per heavy atom. The average Bonchev–Trinajstić information content (AvgIpc) is 3.70. The van der Waals surface area contributed by atoms with Crippen LogP contribution in [0.5, 0.6) is 0 Å². The summed E-state index contributed by atoms with van der Waals surface area (Å²) in [6.45, 7) is 4.49. The van der Waals surface area contributed by atoms with Gasteiger partial charge in [0, 0.05) is 12.8 Å². The van der Waals surface area contributed by atoms with Crippen LogP contribution in [0.3, 0.4) is 0 Å². The van der Waals surface area contributed by atoms with Crippen molar-refractivity contribution in [1.82, 2.24) is 0 Å². The molecule has 9 nitrogen and oxygen atoms in total. The lowest BCUT2D eigenvalue weighted by molar-refractivity contribution is -0.870. The molecular formula is C80H129NO8. The van der Waals surface area contributed by atoms with E-state index in [1.165, 1.54) is 77.0 Å². The monoisotopic (exact) mass is 1230 g/mol. The second kappa shape index (κ2) is 68.6. The van der Waals surface area contributed by atoms with E-state index >= 15 is 0 Å².